The van der Waals surface area contributed by atoms with Crippen LogP contribution in [0, 0.1) is 11.3 Å². The molecule has 2 nitrogen and oxygen atoms in total. The molecule has 1 aliphatic rings. The first-order valence-electron chi connectivity index (χ1n) is 5.83. The van der Waals surface area contributed by atoms with E-state index in [0.29, 0.717) is 23.7 Å². The van der Waals surface area contributed by atoms with Crippen LogP contribution in [-0.2, 0) is 4.79 Å². The summed E-state index contributed by atoms with van der Waals surface area (Å²) in [5.74, 6) is 1.68. The van der Waals surface area contributed by atoms with Gasteiger partial charge < -0.3 is 4.90 Å². The van der Waals surface area contributed by atoms with Gasteiger partial charge in [0.25, 0.3) is 0 Å². The minimum atomic E-state index is 0.328. The van der Waals surface area contributed by atoms with Crippen molar-refractivity contribution in [2.24, 2.45) is 11.3 Å². The van der Waals surface area contributed by atoms with E-state index in [-0.39, 0.29) is 0 Å². The third-order valence-electron chi connectivity index (χ3n) is 3.27. The number of likely N-dealkylation sites (tertiary alicyclic amines) is 1. The first-order chi connectivity index (χ1) is 6.94. The summed E-state index contributed by atoms with van der Waals surface area (Å²) in [6, 6.07) is 0. The van der Waals surface area contributed by atoms with E-state index in [0.717, 1.165) is 31.7 Å². The molecule has 1 saturated heterocycles. The zero-order valence-corrected chi connectivity index (χ0v) is 11.0. The Hall–Kier alpha value is -0.180. The van der Waals surface area contributed by atoms with Crippen LogP contribution in [0.1, 0.15) is 40.0 Å². The maximum atomic E-state index is 11.9. The fourth-order valence-corrected chi connectivity index (χ4v) is 2.03. The number of carbonyl (C=O) groups is 1. The number of hydrogen-bond acceptors (Lipinski definition) is 2. The van der Waals surface area contributed by atoms with Crippen LogP contribution in [0.25, 0.3) is 0 Å². The van der Waals surface area contributed by atoms with Crippen molar-refractivity contribution in [3.63, 3.8) is 0 Å². The molecular weight excluding hydrogens is 206 g/mol. The van der Waals surface area contributed by atoms with E-state index in [1.807, 2.05) is 4.90 Å². The highest BCUT2D eigenvalue weighted by molar-refractivity contribution is 7.80. The van der Waals surface area contributed by atoms with Crippen molar-refractivity contribution in [1.82, 2.24) is 4.90 Å². The van der Waals surface area contributed by atoms with Crippen molar-refractivity contribution in [3.05, 3.63) is 0 Å². The largest absolute Gasteiger partial charge is 0.342 e. The SMILES string of the molecule is CC(CS)CN1CCC(C)(C)CCC1=O. The van der Waals surface area contributed by atoms with Crippen LogP contribution in [0.4, 0.5) is 0 Å². The molecule has 15 heavy (non-hydrogen) atoms. The van der Waals surface area contributed by atoms with Crippen molar-refractivity contribution in [1.29, 1.82) is 0 Å². The number of nitrogens with zero attached hydrogens (tertiary/aromatic N) is 1. The summed E-state index contributed by atoms with van der Waals surface area (Å²) in [4.78, 5) is 13.9. The molecule has 1 aliphatic heterocycles. The Labute approximate surface area is 98.8 Å². The third-order valence-corrected chi connectivity index (χ3v) is 3.89. The van der Waals surface area contributed by atoms with E-state index in [2.05, 4.69) is 33.4 Å². The lowest BCUT2D eigenvalue weighted by molar-refractivity contribution is -0.131. The van der Waals surface area contributed by atoms with Crippen LogP contribution in [0.2, 0.25) is 0 Å². The van der Waals surface area contributed by atoms with Gasteiger partial charge in [0.05, 0.1) is 0 Å². The lowest BCUT2D eigenvalue weighted by Crippen LogP contribution is -2.34. The standard InChI is InChI=1S/C12H23NOS/c1-10(9-15)8-13-7-6-12(2,3)5-4-11(13)14/h10,15H,4-9H2,1-3H3. The molecule has 0 radical (unpaired) electrons. The predicted molar refractivity (Wildman–Crippen MR) is 67.2 cm³/mol. The molecule has 0 aromatic carbocycles. The van der Waals surface area contributed by atoms with Gasteiger partial charge in [-0.2, -0.15) is 12.6 Å². The van der Waals surface area contributed by atoms with E-state index in [1.54, 1.807) is 0 Å². The number of carbonyl (C=O) groups excluding carboxylic acids is 1. The van der Waals surface area contributed by atoms with E-state index >= 15 is 0 Å². The summed E-state index contributed by atoms with van der Waals surface area (Å²) < 4.78 is 0. The lowest BCUT2D eigenvalue weighted by atomic mass is 9.85. The van der Waals surface area contributed by atoms with Crippen LogP contribution < -0.4 is 0 Å². The highest BCUT2D eigenvalue weighted by Gasteiger charge is 2.27. The fraction of sp³-hybridized carbons (Fsp3) is 0.917. The molecular formula is C12H23NOS. The Balaban J connectivity index is 2.54. The topological polar surface area (TPSA) is 20.3 Å². The molecule has 0 saturated carbocycles. The first kappa shape index (κ1) is 12.9. The molecule has 0 N–H and O–H groups in total. The van der Waals surface area contributed by atoms with Gasteiger partial charge >= 0.3 is 0 Å². The summed E-state index contributed by atoms with van der Waals surface area (Å²) in [5, 5.41) is 0. The highest BCUT2D eigenvalue weighted by atomic mass is 32.1. The average Bonchev–Trinajstić information content (AvgIpc) is 2.31. The summed E-state index contributed by atoms with van der Waals surface area (Å²) in [6.07, 6.45) is 2.86. The predicted octanol–water partition coefficient (Wildman–Crippen LogP) is 2.59. The number of thiol groups is 1. The van der Waals surface area contributed by atoms with Gasteiger partial charge in [-0.3, -0.25) is 4.79 Å². The second-order valence-corrected chi connectivity index (χ2v) is 5.91. The molecule has 1 heterocycles. The van der Waals surface area contributed by atoms with Crippen molar-refractivity contribution >= 4 is 18.5 Å². The maximum Gasteiger partial charge on any atom is 0.222 e. The first-order valence-corrected chi connectivity index (χ1v) is 6.46. The van der Waals surface area contributed by atoms with E-state index in [1.165, 1.54) is 0 Å². The van der Waals surface area contributed by atoms with Crippen molar-refractivity contribution < 1.29 is 4.79 Å². The molecule has 0 aromatic rings. The lowest BCUT2D eigenvalue weighted by Gasteiger charge is -2.25. The van der Waals surface area contributed by atoms with Gasteiger partial charge in [-0.1, -0.05) is 20.8 Å². The summed E-state index contributed by atoms with van der Waals surface area (Å²) in [5.41, 5.74) is 0.328. The van der Waals surface area contributed by atoms with E-state index in [9.17, 15) is 4.79 Å². The van der Waals surface area contributed by atoms with E-state index < -0.39 is 0 Å². The Morgan fingerprint density at radius 1 is 1.47 bits per heavy atom. The van der Waals surface area contributed by atoms with Crippen LogP contribution in [0.3, 0.4) is 0 Å². The van der Waals surface area contributed by atoms with Gasteiger partial charge in [0.15, 0.2) is 0 Å². The quantitative estimate of drug-likeness (QED) is 0.738. The molecule has 88 valence electrons. The molecule has 0 aliphatic carbocycles. The normalized spacial score (nSPS) is 23.7. The molecule has 0 aromatic heterocycles. The van der Waals surface area contributed by atoms with Crippen LogP contribution >= 0.6 is 12.6 Å². The maximum absolute atomic E-state index is 11.9. The second kappa shape index (κ2) is 5.24. The number of hydrogen-bond donors (Lipinski definition) is 1. The van der Waals surface area contributed by atoms with Gasteiger partial charge in [-0.25, -0.2) is 0 Å². The van der Waals surface area contributed by atoms with Gasteiger partial charge in [0.1, 0.15) is 0 Å². The van der Waals surface area contributed by atoms with E-state index in [4.69, 9.17) is 0 Å². The molecule has 1 rings (SSSR count). The molecule has 3 heteroatoms. The zero-order valence-electron chi connectivity index (χ0n) is 10.1. The van der Waals surface area contributed by atoms with Gasteiger partial charge in [-0.05, 0) is 29.9 Å². The Bertz CT molecular complexity index is 228. The highest BCUT2D eigenvalue weighted by Crippen LogP contribution is 2.30. The Morgan fingerprint density at radius 3 is 2.73 bits per heavy atom. The number of amides is 1. The zero-order chi connectivity index (χ0) is 11.5. The monoisotopic (exact) mass is 229 g/mol. The van der Waals surface area contributed by atoms with Crippen LogP contribution in [0.15, 0.2) is 0 Å². The van der Waals surface area contributed by atoms with Gasteiger partial charge in [0.2, 0.25) is 5.91 Å². The fourth-order valence-electron chi connectivity index (χ4n) is 1.92. The molecule has 1 fully saturated rings. The van der Waals surface area contributed by atoms with Crippen LogP contribution in [-0.4, -0.2) is 29.6 Å². The molecule has 0 bridgehead atoms. The summed E-state index contributed by atoms with van der Waals surface area (Å²) >= 11 is 4.27. The van der Waals surface area contributed by atoms with Crippen molar-refractivity contribution in [3.8, 4) is 0 Å². The van der Waals surface area contributed by atoms with Gasteiger partial charge in [0, 0.05) is 19.5 Å². The molecule has 1 unspecified atom stereocenters. The number of rotatable bonds is 3. The van der Waals surface area contributed by atoms with Crippen molar-refractivity contribution in [2.45, 2.75) is 40.0 Å². The third kappa shape index (κ3) is 4.06. The van der Waals surface area contributed by atoms with Crippen LogP contribution in [0.5, 0.6) is 0 Å². The minimum Gasteiger partial charge on any atom is -0.342 e. The molecule has 1 amide bonds. The summed E-state index contributed by atoms with van der Waals surface area (Å²) in [7, 11) is 0. The van der Waals surface area contributed by atoms with Gasteiger partial charge in [-0.15, -0.1) is 0 Å². The average molecular weight is 229 g/mol. The summed E-state index contributed by atoms with van der Waals surface area (Å²) in [6.45, 7) is 8.45. The Morgan fingerprint density at radius 2 is 2.13 bits per heavy atom. The van der Waals surface area contributed by atoms with Crippen molar-refractivity contribution in [2.75, 3.05) is 18.8 Å². The second-order valence-electron chi connectivity index (χ2n) is 5.54. The Kier molecular flexibility index (Phi) is 4.50. The molecule has 0 spiro atoms. The minimum absolute atomic E-state index is 0.328. The molecule has 1 atom stereocenters. The smallest absolute Gasteiger partial charge is 0.222 e.